The summed E-state index contributed by atoms with van der Waals surface area (Å²) in [5.74, 6) is 0.949. The number of aliphatic imine (C=N–C) groups is 1. The Kier molecular flexibility index (Phi) is 39.7. The van der Waals surface area contributed by atoms with Crippen molar-refractivity contribution in [2.75, 3.05) is 73.5 Å². The summed E-state index contributed by atoms with van der Waals surface area (Å²) in [4.78, 5) is 17.7. The quantitative estimate of drug-likeness (QED) is 0.205. The number of nitrogens with zero attached hydrogens (tertiary/aromatic N) is 7. The third-order valence-corrected chi connectivity index (χ3v) is 8.87. The molecule has 1 aromatic rings. The van der Waals surface area contributed by atoms with Gasteiger partial charge < -0.3 is 46.3 Å². The lowest BCUT2D eigenvalue weighted by molar-refractivity contribution is 0.138. The number of hydrogen-bond acceptors (Lipinski definition) is 10. The lowest BCUT2D eigenvalue weighted by Crippen LogP contribution is -2.41. The van der Waals surface area contributed by atoms with Crippen LogP contribution in [-0.4, -0.2) is 145 Å². The van der Waals surface area contributed by atoms with Crippen molar-refractivity contribution in [2.45, 2.75) is 172 Å². The summed E-state index contributed by atoms with van der Waals surface area (Å²) >= 11 is 0. The van der Waals surface area contributed by atoms with Crippen LogP contribution < -0.4 is 22.1 Å². The SMILES string of the molecule is CC(C)N(C)C.CC(C)N1CCC1.CC(C)N1CCCC1.CC(C)NC1=NCCN1.CC(C)n1ccnc1.CCN(CC)C(C)C.CNC(C)C.N. The van der Waals surface area contributed by atoms with Crippen molar-refractivity contribution >= 4 is 5.96 Å². The molecule has 0 radical (unpaired) electrons. The predicted molar refractivity (Wildman–Crippen MR) is 235 cm³/mol. The van der Waals surface area contributed by atoms with Gasteiger partial charge in [0.25, 0.3) is 0 Å². The van der Waals surface area contributed by atoms with Crippen LogP contribution in [0.15, 0.2) is 23.7 Å². The first kappa shape index (κ1) is 57.0. The standard InChI is InChI=1S/C7H15N.C7H17N.C6H13N3.C6H10N2.C6H13N.C5H13N.C4H11N.H3N/c1-7(2)8-5-3-4-6-8;1-5-8(6-2)7(3)4;1-5(2)9-6-7-3-4-8-6;1-6(2)8-4-3-7-5-8;1-6(2)7-4-3-5-7;1-5(2)6(3)4;1-4(2)5-3;/h7H,3-6H2,1-2H3;7H,5-6H2,1-4H3;5H,3-4H2,1-2H3,(H2,7,8,9);3-6H,1-2H3;6H,3-5H2,1-2H3;5H,1-4H3;4-5H,1-3H3;1H3. The minimum absolute atomic E-state index is 0. The monoisotopic (exact) mass is 742 g/mol. The molecule has 1 aromatic heterocycles. The van der Waals surface area contributed by atoms with Crippen LogP contribution in [0.5, 0.6) is 0 Å². The maximum atomic E-state index is 4.17. The Balaban J connectivity index is -0.000000260. The van der Waals surface area contributed by atoms with Gasteiger partial charge >= 0.3 is 0 Å². The minimum atomic E-state index is 0. The van der Waals surface area contributed by atoms with Gasteiger partial charge in [0.2, 0.25) is 0 Å². The van der Waals surface area contributed by atoms with Gasteiger partial charge in [-0.05, 0) is 163 Å². The summed E-state index contributed by atoms with van der Waals surface area (Å²) in [5, 5.41) is 9.34. The highest BCUT2D eigenvalue weighted by molar-refractivity contribution is 5.81. The number of nitrogens with one attached hydrogen (secondary N) is 3. The van der Waals surface area contributed by atoms with Gasteiger partial charge in [0.1, 0.15) is 0 Å². The zero-order valence-electron chi connectivity index (χ0n) is 38.4. The molecular formula is C41H95N11. The van der Waals surface area contributed by atoms with Gasteiger partial charge in [0.05, 0.1) is 12.9 Å². The first-order valence-electron chi connectivity index (χ1n) is 20.4. The van der Waals surface area contributed by atoms with Crippen LogP contribution in [0.2, 0.25) is 0 Å². The summed E-state index contributed by atoms with van der Waals surface area (Å²) in [7, 11) is 6.10. The van der Waals surface area contributed by atoms with Crippen LogP contribution in [0.25, 0.3) is 0 Å². The molecule has 2 fully saturated rings. The van der Waals surface area contributed by atoms with E-state index in [9.17, 15) is 0 Å². The lowest BCUT2D eigenvalue weighted by atomic mass is 10.2. The average molecular weight is 742 g/mol. The van der Waals surface area contributed by atoms with E-state index in [0.29, 0.717) is 30.2 Å². The van der Waals surface area contributed by atoms with Crippen LogP contribution in [0.4, 0.5) is 0 Å². The molecule has 0 unspecified atom stereocenters. The van der Waals surface area contributed by atoms with E-state index in [0.717, 1.165) is 31.1 Å². The van der Waals surface area contributed by atoms with Crippen LogP contribution >= 0.6 is 0 Å². The number of guanidine groups is 1. The second-order valence-electron chi connectivity index (χ2n) is 15.7. The average Bonchev–Trinajstić information content (AvgIpc) is 3.83. The van der Waals surface area contributed by atoms with E-state index >= 15 is 0 Å². The fraction of sp³-hybridized carbons (Fsp3) is 0.902. The van der Waals surface area contributed by atoms with Gasteiger partial charge in [-0.15, -0.1) is 0 Å². The third kappa shape index (κ3) is 35.3. The molecule has 6 N–H and O–H groups in total. The summed E-state index contributed by atoms with van der Waals surface area (Å²) in [5.41, 5.74) is 0. The Bertz CT molecular complexity index is 840. The molecule has 0 aromatic carbocycles. The van der Waals surface area contributed by atoms with Crippen molar-refractivity contribution in [3.05, 3.63) is 18.7 Å². The molecule has 52 heavy (non-hydrogen) atoms. The van der Waals surface area contributed by atoms with Gasteiger partial charge in [-0.2, -0.15) is 0 Å². The van der Waals surface area contributed by atoms with E-state index in [2.05, 4.69) is 175 Å². The van der Waals surface area contributed by atoms with Crippen molar-refractivity contribution in [1.82, 2.24) is 51.3 Å². The Morgan fingerprint density at radius 3 is 1.31 bits per heavy atom. The largest absolute Gasteiger partial charge is 0.355 e. The number of aromatic nitrogens is 2. The molecule has 11 nitrogen and oxygen atoms in total. The van der Waals surface area contributed by atoms with Crippen LogP contribution in [-0.2, 0) is 0 Å². The Labute approximate surface area is 326 Å². The van der Waals surface area contributed by atoms with Gasteiger partial charge in [0.15, 0.2) is 5.96 Å². The molecule has 4 rings (SSSR count). The fourth-order valence-corrected chi connectivity index (χ4v) is 4.41. The Hall–Kier alpha value is -1.76. The molecule has 0 atom stereocenters. The molecule has 314 valence electrons. The van der Waals surface area contributed by atoms with Crippen LogP contribution in [0.3, 0.4) is 0 Å². The van der Waals surface area contributed by atoms with Crippen molar-refractivity contribution < 1.29 is 0 Å². The van der Waals surface area contributed by atoms with Crippen molar-refractivity contribution in [3.8, 4) is 0 Å². The van der Waals surface area contributed by atoms with Crippen LogP contribution in [0, 0.1) is 0 Å². The summed E-state index contributed by atoms with van der Waals surface area (Å²) in [6.07, 6.45) is 9.82. The number of hydrogen-bond donors (Lipinski definition) is 4. The Morgan fingerprint density at radius 1 is 0.712 bits per heavy atom. The molecule has 0 bridgehead atoms. The molecule has 2 saturated heterocycles. The normalized spacial score (nSPS) is 15.1. The minimum Gasteiger partial charge on any atom is -0.355 e. The number of imidazole rings is 1. The lowest BCUT2D eigenvalue weighted by Gasteiger charge is -2.34. The van der Waals surface area contributed by atoms with Gasteiger partial charge in [-0.1, -0.05) is 27.7 Å². The molecule has 0 amide bonds. The molecular weight excluding hydrogens is 647 g/mol. The fourth-order valence-electron chi connectivity index (χ4n) is 4.41. The molecule has 11 heteroatoms. The first-order valence-corrected chi connectivity index (χ1v) is 20.4. The number of rotatable bonds is 9. The van der Waals surface area contributed by atoms with Crippen molar-refractivity contribution in [1.29, 1.82) is 0 Å². The van der Waals surface area contributed by atoms with Crippen molar-refractivity contribution in [3.63, 3.8) is 0 Å². The molecule has 3 aliphatic heterocycles. The molecule has 4 heterocycles. The van der Waals surface area contributed by atoms with E-state index in [4.69, 9.17) is 0 Å². The van der Waals surface area contributed by atoms with E-state index in [1.807, 2.05) is 19.6 Å². The zero-order chi connectivity index (χ0) is 39.9. The molecule has 0 spiro atoms. The second-order valence-corrected chi connectivity index (χ2v) is 15.7. The van der Waals surface area contributed by atoms with E-state index in [1.54, 1.807) is 6.20 Å². The molecule has 3 aliphatic rings. The second kappa shape index (κ2) is 36.2. The molecule has 0 aliphatic carbocycles. The topological polar surface area (TPSA) is 114 Å². The summed E-state index contributed by atoms with van der Waals surface area (Å²) in [6.45, 7) is 44.5. The highest BCUT2D eigenvalue weighted by atomic mass is 15.2. The predicted octanol–water partition coefficient (Wildman–Crippen LogP) is 7.47. The Morgan fingerprint density at radius 2 is 1.15 bits per heavy atom. The van der Waals surface area contributed by atoms with E-state index < -0.39 is 0 Å². The summed E-state index contributed by atoms with van der Waals surface area (Å²) in [6, 6.07) is 4.61. The van der Waals surface area contributed by atoms with Crippen LogP contribution in [0.1, 0.15) is 136 Å². The van der Waals surface area contributed by atoms with Crippen molar-refractivity contribution in [2.24, 2.45) is 4.99 Å². The maximum absolute atomic E-state index is 4.17. The number of likely N-dealkylation sites (tertiary alicyclic amines) is 2. The van der Waals surface area contributed by atoms with E-state index in [1.165, 1.54) is 58.5 Å². The van der Waals surface area contributed by atoms with E-state index in [-0.39, 0.29) is 6.15 Å². The molecule has 0 saturated carbocycles. The first-order chi connectivity index (χ1) is 23.8. The maximum Gasteiger partial charge on any atom is 0.191 e. The smallest absolute Gasteiger partial charge is 0.191 e. The van der Waals surface area contributed by atoms with Gasteiger partial charge in [0, 0.05) is 61.2 Å². The van der Waals surface area contributed by atoms with Gasteiger partial charge in [-0.25, -0.2) is 4.98 Å². The van der Waals surface area contributed by atoms with Gasteiger partial charge in [-0.3, -0.25) is 4.99 Å². The highest BCUT2D eigenvalue weighted by Gasteiger charge is 2.15. The zero-order valence-corrected chi connectivity index (χ0v) is 38.4. The summed E-state index contributed by atoms with van der Waals surface area (Å²) < 4.78 is 2.06. The third-order valence-electron chi connectivity index (χ3n) is 8.87. The highest BCUT2D eigenvalue weighted by Crippen LogP contribution is 2.10.